The zero-order valence-electron chi connectivity index (χ0n) is 12.7. The quantitative estimate of drug-likeness (QED) is 0.758. The highest BCUT2D eigenvalue weighted by atomic mass is 79.9. The van der Waals surface area contributed by atoms with E-state index in [9.17, 15) is 4.79 Å². The van der Waals surface area contributed by atoms with Crippen molar-refractivity contribution >= 4 is 56.4 Å². The lowest BCUT2D eigenvalue weighted by Gasteiger charge is -2.31. The summed E-state index contributed by atoms with van der Waals surface area (Å²) in [5, 5.41) is 3.91. The summed E-state index contributed by atoms with van der Waals surface area (Å²) in [6.45, 7) is 2.72. The molecule has 0 aromatic heterocycles. The zero-order valence-corrected chi connectivity index (χ0v) is 15.8. The maximum Gasteiger partial charge on any atom is 0.257 e. The second-order valence-corrected chi connectivity index (χ2v) is 7.04. The molecule has 0 spiro atoms. The smallest absolute Gasteiger partial charge is 0.257 e. The minimum atomic E-state index is -0.280. The third-order valence-corrected chi connectivity index (χ3v) is 4.86. The Labute approximate surface area is 158 Å². The lowest BCUT2D eigenvalue weighted by atomic mass is 10.2. The average molecular weight is 430 g/mol. The molecule has 1 N–H and O–H groups in total. The van der Waals surface area contributed by atoms with Crippen molar-refractivity contribution in [3.05, 3.63) is 56.5 Å². The first-order valence-corrected chi connectivity index (χ1v) is 8.99. The number of hydrogen-bond donors (Lipinski definition) is 1. The van der Waals surface area contributed by atoms with Crippen LogP contribution in [0.15, 0.2) is 40.9 Å². The van der Waals surface area contributed by atoms with E-state index in [2.05, 4.69) is 26.1 Å². The summed E-state index contributed by atoms with van der Waals surface area (Å²) >= 11 is 15.9. The molecule has 2 aromatic rings. The molecule has 0 bridgehead atoms. The van der Waals surface area contributed by atoms with Gasteiger partial charge in [-0.1, -0.05) is 45.2 Å². The number of hydrogen-bond acceptors (Lipinski definition) is 3. The molecule has 2 aromatic carbocycles. The van der Waals surface area contributed by atoms with Gasteiger partial charge in [-0.25, -0.2) is 0 Å². The molecule has 0 saturated carbocycles. The number of benzene rings is 2. The molecule has 4 nitrogen and oxygen atoms in total. The van der Waals surface area contributed by atoms with Crippen molar-refractivity contribution in [2.45, 2.75) is 0 Å². The van der Waals surface area contributed by atoms with Gasteiger partial charge in [-0.3, -0.25) is 4.79 Å². The van der Waals surface area contributed by atoms with Crippen LogP contribution in [0.1, 0.15) is 10.4 Å². The lowest BCUT2D eigenvalue weighted by molar-refractivity contribution is 0.102. The zero-order chi connectivity index (χ0) is 17.1. The molecule has 1 aliphatic rings. The Kier molecular flexibility index (Phi) is 5.66. The number of nitrogens with one attached hydrogen (secondary N) is 1. The van der Waals surface area contributed by atoms with Crippen LogP contribution in [0.3, 0.4) is 0 Å². The van der Waals surface area contributed by atoms with E-state index in [0.717, 1.165) is 23.2 Å². The van der Waals surface area contributed by atoms with Gasteiger partial charge in [0.2, 0.25) is 0 Å². The summed E-state index contributed by atoms with van der Waals surface area (Å²) in [6, 6.07) is 10.6. The fourth-order valence-electron chi connectivity index (χ4n) is 2.59. The van der Waals surface area contributed by atoms with Crippen LogP contribution in [0.5, 0.6) is 0 Å². The van der Waals surface area contributed by atoms with Gasteiger partial charge in [0, 0.05) is 17.6 Å². The molecule has 24 heavy (non-hydrogen) atoms. The normalized spacial score (nSPS) is 14.5. The van der Waals surface area contributed by atoms with Crippen LogP contribution in [-0.2, 0) is 4.74 Å². The van der Waals surface area contributed by atoms with Gasteiger partial charge < -0.3 is 15.0 Å². The molecule has 0 radical (unpaired) electrons. The van der Waals surface area contributed by atoms with E-state index in [1.54, 1.807) is 18.2 Å². The Hall–Kier alpha value is -1.27. The average Bonchev–Trinajstić information content (AvgIpc) is 2.58. The number of carbonyl (C=O) groups excluding carboxylic acids is 1. The summed E-state index contributed by atoms with van der Waals surface area (Å²) < 4.78 is 6.17. The van der Waals surface area contributed by atoms with E-state index < -0.39 is 0 Å². The topological polar surface area (TPSA) is 41.6 Å². The van der Waals surface area contributed by atoms with Gasteiger partial charge in [0.05, 0.1) is 40.2 Å². The first-order chi connectivity index (χ1) is 11.6. The van der Waals surface area contributed by atoms with Crippen molar-refractivity contribution in [3.63, 3.8) is 0 Å². The van der Waals surface area contributed by atoms with Crippen molar-refractivity contribution < 1.29 is 9.53 Å². The minimum absolute atomic E-state index is 0.280. The second-order valence-electron chi connectivity index (χ2n) is 5.31. The second kappa shape index (κ2) is 7.74. The summed E-state index contributed by atoms with van der Waals surface area (Å²) in [6.07, 6.45) is 0. The third-order valence-electron chi connectivity index (χ3n) is 3.74. The Bertz CT molecular complexity index is 764. The molecule has 1 fully saturated rings. The van der Waals surface area contributed by atoms with E-state index in [1.165, 1.54) is 0 Å². The van der Waals surface area contributed by atoms with Crippen LogP contribution in [0.2, 0.25) is 10.0 Å². The lowest BCUT2D eigenvalue weighted by Crippen LogP contribution is -2.37. The summed E-state index contributed by atoms with van der Waals surface area (Å²) in [5.41, 5.74) is 1.87. The molecule has 1 saturated heterocycles. The van der Waals surface area contributed by atoms with Crippen molar-refractivity contribution in [3.8, 4) is 0 Å². The SMILES string of the molecule is O=C(Nc1cccc(Cl)c1N1CCOCC1)c1cc(Br)ccc1Cl. The molecule has 0 atom stereocenters. The summed E-state index contributed by atoms with van der Waals surface area (Å²) in [7, 11) is 0. The molecule has 126 valence electrons. The van der Waals surface area contributed by atoms with Gasteiger partial charge in [-0.15, -0.1) is 0 Å². The van der Waals surface area contributed by atoms with Crippen LogP contribution in [0, 0.1) is 0 Å². The van der Waals surface area contributed by atoms with E-state index in [-0.39, 0.29) is 5.91 Å². The first-order valence-electron chi connectivity index (χ1n) is 7.44. The van der Waals surface area contributed by atoms with Crippen molar-refractivity contribution in [2.24, 2.45) is 0 Å². The minimum Gasteiger partial charge on any atom is -0.378 e. The Morgan fingerprint density at radius 2 is 1.88 bits per heavy atom. The Morgan fingerprint density at radius 3 is 2.62 bits per heavy atom. The standard InChI is InChI=1S/C17H15BrCl2N2O2/c18-11-4-5-13(19)12(10-11)17(23)21-15-3-1-2-14(20)16(15)22-6-8-24-9-7-22/h1-5,10H,6-9H2,(H,21,23). The highest BCUT2D eigenvalue weighted by Crippen LogP contribution is 2.35. The maximum absolute atomic E-state index is 12.6. The molecule has 1 heterocycles. The highest BCUT2D eigenvalue weighted by molar-refractivity contribution is 9.10. The van der Waals surface area contributed by atoms with Crippen LogP contribution in [-0.4, -0.2) is 32.2 Å². The number of nitrogens with zero attached hydrogens (tertiary/aromatic N) is 1. The van der Waals surface area contributed by atoms with Gasteiger partial charge in [0.1, 0.15) is 0 Å². The van der Waals surface area contributed by atoms with Crippen molar-refractivity contribution in [1.82, 2.24) is 0 Å². The van der Waals surface area contributed by atoms with E-state index >= 15 is 0 Å². The van der Waals surface area contributed by atoms with Gasteiger partial charge in [-0.05, 0) is 30.3 Å². The fraction of sp³-hybridized carbons (Fsp3) is 0.235. The predicted molar refractivity (Wildman–Crippen MR) is 102 cm³/mol. The fourth-order valence-corrected chi connectivity index (χ4v) is 3.44. The number of carbonyl (C=O) groups is 1. The Balaban J connectivity index is 1.91. The number of ether oxygens (including phenoxy) is 1. The molecule has 0 unspecified atom stereocenters. The van der Waals surface area contributed by atoms with Gasteiger partial charge in [0.25, 0.3) is 5.91 Å². The molecular weight excluding hydrogens is 415 g/mol. The summed E-state index contributed by atoms with van der Waals surface area (Å²) in [4.78, 5) is 14.7. The van der Waals surface area contributed by atoms with Crippen molar-refractivity contribution in [2.75, 3.05) is 36.5 Å². The number of rotatable bonds is 3. The largest absolute Gasteiger partial charge is 0.378 e. The number of amides is 1. The van der Waals surface area contributed by atoms with Gasteiger partial charge >= 0.3 is 0 Å². The van der Waals surface area contributed by atoms with E-state index in [4.69, 9.17) is 27.9 Å². The number of anilines is 2. The van der Waals surface area contributed by atoms with Crippen LogP contribution >= 0.6 is 39.1 Å². The number of morpholine rings is 1. The molecule has 3 rings (SSSR count). The molecule has 7 heteroatoms. The number of halogens is 3. The van der Waals surface area contributed by atoms with Gasteiger partial charge in [-0.2, -0.15) is 0 Å². The third kappa shape index (κ3) is 3.86. The monoisotopic (exact) mass is 428 g/mol. The molecule has 1 aliphatic heterocycles. The molecular formula is C17H15BrCl2N2O2. The number of para-hydroxylation sites is 1. The van der Waals surface area contributed by atoms with E-state index in [0.29, 0.717) is 34.5 Å². The highest BCUT2D eigenvalue weighted by Gasteiger charge is 2.20. The van der Waals surface area contributed by atoms with E-state index in [1.807, 2.05) is 18.2 Å². The Morgan fingerprint density at radius 1 is 1.12 bits per heavy atom. The summed E-state index contributed by atoms with van der Waals surface area (Å²) in [5.74, 6) is -0.280. The van der Waals surface area contributed by atoms with Crippen molar-refractivity contribution in [1.29, 1.82) is 0 Å². The van der Waals surface area contributed by atoms with Crippen LogP contribution < -0.4 is 10.2 Å². The van der Waals surface area contributed by atoms with Gasteiger partial charge in [0.15, 0.2) is 0 Å². The van der Waals surface area contributed by atoms with Crippen LogP contribution in [0.25, 0.3) is 0 Å². The first kappa shape index (κ1) is 17.5. The maximum atomic E-state index is 12.6. The molecule has 0 aliphatic carbocycles. The molecule has 1 amide bonds. The van der Waals surface area contributed by atoms with Crippen LogP contribution in [0.4, 0.5) is 11.4 Å². The predicted octanol–water partition coefficient (Wildman–Crippen LogP) is 4.84.